The van der Waals surface area contributed by atoms with Gasteiger partial charge in [-0.15, -0.1) is 0 Å². The third kappa shape index (κ3) is 2.44. The highest BCUT2D eigenvalue weighted by Crippen LogP contribution is 2.20. The van der Waals surface area contributed by atoms with Gasteiger partial charge in [-0.05, 0) is 41.4 Å². The van der Waals surface area contributed by atoms with Gasteiger partial charge in [-0.1, -0.05) is 12.1 Å². The molecule has 0 saturated carbocycles. The average molecular weight is 284 g/mol. The van der Waals surface area contributed by atoms with Crippen LogP contribution in [0.3, 0.4) is 0 Å². The van der Waals surface area contributed by atoms with Crippen molar-refractivity contribution in [3.05, 3.63) is 34.3 Å². The van der Waals surface area contributed by atoms with E-state index in [1.54, 1.807) is 6.07 Å². The predicted octanol–water partition coefficient (Wildman–Crippen LogP) is 2.36. The minimum Gasteiger partial charge on any atom is -0.379 e. The molecule has 4 heteroatoms. The molecule has 2 rings (SSSR count). The van der Waals surface area contributed by atoms with Gasteiger partial charge in [-0.25, -0.2) is 0 Å². The molecule has 0 bridgehead atoms. The summed E-state index contributed by atoms with van der Waals surface area (Å²) in [7, 11) is 0. The number of carbonyl (C=O) groups is 1. The van der Waals surface area contributed by atoms with E-state index in [9.17, 15) is 4.79 Å². The molecular weight excluding hydrogens is 270 g/mol. The molecule has 1 aromatic rings. The Balaban J connectivity index is 2.11. The summed E-state index contributed by atoms with van der Waals surface area (Å²) in [5.74, 6) is -0.0551. The highest BCUT2D eigenvalue weighted by Gasteiger charge is 2.31. The Labute approximate surface area is 103 Å². The molecule has 1 aliphatic heterocycles. The monoisotopic (exact) mass is 283 g/mol. The van der Waals surface area contributed by atoms with Crippen molar-refractivity contribution in [2.24, 2.45) is 0 Å². The molecule has 1 N–H and O–H groups in total. The smallest absolute Gasteiger partial charge is 0.252 e. The minimum atomic E-state index is -0.230. The molecule has 3 nitrogen and oxygen atoms in total. The second-order valence-electron chi connectivity index (χ2n) is 4.30. The Morgan fingerprint density at radius 1 is 1.50 bits per heavy atom. The Morgan fingerprint density at radius 2 is 2.25 bits per heavy atom. The van der Waals surface area contributed by atoms with Crippen molar-refractivity contribution in [3.63, 3.8) is 0 Å². The molecule has 1 unspecified atom stereocenters. The summed E-state index contributed by atoms with van der Waals surface area (Å²) >= 11 is 3.37. The Kier molecular flexibility index (Phi) is 3.30. The molecule has 0 spiro atoms. The molecule has 1 amide bonds. The van der Waals surface area contributed by atoms with Gasteiger partial charge >= 0.3 is 0 Å². The first-order valence-electron chi connectivity index (χ1n) is 5.25. The molecule has 0 aliphatic carbocycles. The Bertz CT molecular complexity index is 400. The maximum atomic E-state index is 12.0. The van der Waals surface area contributed by atoms with E-state index in [1.807, 2.05) is 25.1 Å². The zero-order chi connectivity index (χ0) is 11.6. The van der Waals surface area contributed by atoms with Crippen LogP contribution in [0.2, 0.25) is 0 Å². The van der Waals surface area contributed by atoms with Gasteiger partial charge in [0.25, 0.3) is 5.91 Å². The number of carbonyl (C=O) groups excluding carboxylic acids is 1. The number of halogens is 1. The summed E-state index contributed by atoms with van der Waals surface area (Å²) in [5.41, 5.74) is 0.433. The van der Waals surface area contributed by atoms with Crippen LogP contribution in [0.15, 0.2) is 28.7 Å². The van der Waals surface area contributed by atoms with Gasteiger partial charge < -0.3 is 10.1 Å². The second kappa shape index (κ2) is 4.55. The van der Waals surface area contributed by atoms with Crippen molar-refractivity contribution in [1.29, 1.82) is 0 Å². The molecule has 1 heterocycles. The lowest BCUT2D eigenvalue weighted by Gasteiger charge is -2.23. The zero-order valence-corrected chi connectivity index (χ0v) is 10.7. The molecule has 1 aliphatic rings. The van der Waals surface area contributed by atoms with Crippen LogP contribution in [0.4, 0.5) is 0 Å². The molecule has 1 atom stereocenters. The van der Waals surface area contributed by atoms with E-state index in [0.717, 1.165) is 10.9 Å². The first-order valence-corrected chi connectivity index (χ1v) is 6.05. The van der Waals surface area contributed by atoms with Crippen molar-refractivity contribution in [2.75, 3.05) is 13.2 Å². The highest BCUT2D eigenvalue weighted by molar-refractivity contribution is 9.10. The Morgan fingerprint density at radius 3 is 2.88 bits per heavy atom. The van der Waals surface area contributed by atoms with E-state index in [2.05, 4.69) is 21.2 Å². The van der Waals surface area contributed by atoms with Gasteiger partial charge in [0.05, 0.1) is 17.7 Å². The van der Waals surface area contributed by atoms with E-state index < -0.39 is 0 Å². The van der Waals surface area contributed by atoms with Crippen molar-refractivity contribution in [2.45, 2.75) is 18.9 Å². The van der Waals surface area contributed by atoms with Crippen LogP contribution in [0.25, 0.3) is 0 Å². The third-order valence-corrected chi connectivity index (χ3v) is 3.44. The van der Waals surface area contributed by atoms with Crippen LogP contribution in [0, 0.1) is 0 Å². The second-order valence-corrected chi connectivity index (χ2v) is 5.15. The van der Waals surface area contributed by atoms with E-state index in [1.165, 1.54) is 0 Å². The fourth-order valence-electron chi connectivity index (χ4n) is 1.75. The molecule has 86 valence electrons. The number of ether oxygens (including phenoxy) is 1. The molecule has 1 fully saturated rings. The van der Waals surface area contributed by atoms with Gasteiger partial charge in [0.15, 0.2) is 0 Å². The molecule has 1 aromatic carbocycles. The number of rotatable bonds is 2. The van der Waals surface area contributed by atoms with Gasteiger partial charge in [0.2, 0.25) is 0 Å². The number of hydrogen-bond acceptors (Lipinski definition) is 2. The van der Waals surface area contributed by atoms with E-state index in [0.29, 0.717) is 18.8 Å². The standard InChI is InChI=1S/C12H14BrNO2/c1-12(6-7-16-8-12)14-11(15)9-4-2-3-5-10(9)13/h2-5H,6-8H2,1H3,(H,14,15). The summed E-state index contributed by atoms with van der Waals surface area (Å²) in [6, 6.07) is 7.41. The predicted molar refractivity (Wildman–Crippen MR) is 65.4 cm³/mol. The topological polar surface area (TPSA) is 38.3 Å². The van der Waals surface area contributed by atoms with Gasteiger partial charge in [0, 0.05) is 11.1 Å². The molecule has 1 saturated heterocycles. The summed E-state index contributed by atoms with van der Waals surface area (Å²) in [4.78, 5) is 12.0. The molecule has 0 radical (unpaired) electrons. The number of hydrogen-bond donors (Lipinski definition) is 1. The Hall–Kier alpha value is -0.870. The van der Waals surface area contributed by atoms with Crippen LogP contribution >= 0.6 is 15.9 Å². The number of nitrogens with one attached hydrogen (secondary N) is 1. The number of benzene rings is 1. The summed E-state index contributed by atoms with van der Waals surface area (Å²) in [5, 5.41) is 3.02. The lowest BCUT2D eigenvalue weighted by atomic mass is 10.0. The molecular formula is C12H14BrNO2. The van der Waals surface area contributed by atoms with Crippen LogP contribution in [0.5, 0.6) is 0 Å². The van der Waals surface area contributed by atoms with E-state index >= 15 is 0 Å². The summed E-state index contributed by atoms with van der Waals surface area (Å²) < 4.78 is 6.12. The van der Waals surface area contributed by atoms with Crippen molar-refractivity contribution >= 4 is 21.8 Å². The van der Waals surface area contributed by atoms with E-state index in [4.69, 9.17) is 4.74 Å². The first kappa shape index (κ1) is 11.6. The lowest BCUT2D eigenvalue weighted by molar-refractivity contribution is 0.0889. The summed E-state index contributed by atoms with van der Waals surface area (Å²) in [6.07, 6.45) is 0.864. The maximum absolute atomic E-state index is 12.0. The van der Waals surface area contributed by atoms with Gasteiger partial charge in [-0.2, -0.15) is 0 Å². The normalized spacial score (nSPS) is 24.4. The number of amides is 1. The van der Waals surface area contributed by atoms with Gasteiger partial charge in [0.1, 0.15) is 0 Å². The lowest BCUT2D eigenvalue weighted by Crippen LogP contribution is -2.46. The molecule has 0 aromatic heterocycles. The van der Waals surface area contributed by atoms with Gasteiger partial charge in [-0.3, -0.25) is 4.79 Å². The highest BCUT2D eigenvalue weighted by atomic mass is 79.9. The fraction of sp³-hybridized carbons (Fsp3) is 0.417. The van der Waals surface area contributed by atoms with Crippen molar-refractivity contribution in [1.82, 2.24) is 5.32 Å². The molecule has 16 heavy (non-hydrogen) atoms. The minimum absolute atomic E-state index is 0.0551. The first-order chi connectivity index (χ1) is 7.61. The fourth-order valence-corrected chi connectivity index (χ4v) is 2.22. The van der Waals surface area contributed by atoms with E-state index in [-0.39, 0.29) is 11.4 Å². The SMILES string of the molecule is CC1(NC(=O)c2ccccc2Br)CCOC1. The largest absolute Gasteiger partial charge is 0.379 e. The third-order valence-electron chi connectivity index (χ3n) is 2.75. The maximum Gasteiger partial charge on any atom is 0.252 e. The zero-order valence-electron chi connectivity index (χ0n) is 9.13. The average Bonchev–Trinajstić information content (AvgIpc) is 2.65. The van der Waals surface area contributed by atoms with Crippen LogP contribution in [-0.2, 0) is 4.74 Å². The quantitative estimate of drug-likeness (QED) is 0.905. The van der Waals surface area contributed by atoms with Crippen LogP contribution in [-0.4, -0.2) is 24.7 Å². The van der Waals surface area contributed by atoms with Crippen molar-refractivity contribution < 1.29 is 9.53 Å². The van der Waals surface area contributed by atoms with Crippen molar-refractivity contribution in [3.8, 4) is 0 Å². The van der Waals surface area contributed by atoms with Crippen LogP contribution < -0.4 is 5.32 Å². The van der Waals surface area contributed by atoms with Crippen LogP contribution in [0.1, 0.15) is 23.7 Å². The summed E-state index contributed by atoms with van der Waals surface area (Å²) in [6.45, 7) is 3.31.